The van der Waals surface area contributed by atoms with Crippen molar-refractivity contribution < 1.29 is 46.6 Å². The first-order valence-corrected chi connectivity index (χ1v) is 23.3. The number of alkyl halides is 2. The van der Waals surface area contributed by atoms with Gasteiger partial charge in [0, 0.05) is 29.6 Å². The number of likely N-dealkylation sites (tertiary alicyclic amines) is 1. The van der Waals surface area contributed by atoms with Gasteiger partial charge in [-0.05, 0) is 73.6 Å². The van der Waals surface area contributed by atoms with E-state index >= 15 is 4.39 Å². The van der Waals surface area contributed by atoms with Gasteiger partial charge in [0.2, 0.25) is 18.0 Å². The Kier molecular flexibility index (Phi) is 13.9. The minimum absolute atomic E-state index is 0.131. The maximum absolute atomic E-state index is 16.8. The van der Waals surface area contributed by atoms with Crippen LogP contribution in [0.2, 0.25) is 0 Å². The van der Waals surface area contributed by atoms with Crippen LogP contribution in [0.1, 0.15) is 94.0 Å². The normalized spacial score (nSPS) is 16.4. The number of nitrogens with zero attached hydrogens (tertiary/aromatic N) is 5. The molecule has 0 aliphatic carbocycles. The molecule has 0 spiro atoms. The zero-order valence-electron chi connectivity index (χ0n) is 38.7. The van der Waals surface area contributed by atoms with E-state index in [9.17, 15) is 28.0 Å². The quantitative estimate of drug-likeness (QED) is 0.0778. The molecule has 8 rings (SSSR count). The van der Waals surface area contributed by atoms with Crippen molar-refractivity contribution in [2.24, 2.45) is 11.8 Å². The molecule has 0 saturated carbocycles. The van der Waals surface area contributed by atoms with Crippen molar-refractivity contribution in [2.45, 2.75) is 91.2 Å². The highest BCUT2D eigenvalue weighted by molar-refractivity contribution is 7.12. The molecule has 2 aromatic carbocycles. The van der Waals surface area contributed by atoms with E-state index < -0.39 is 48.8 Å². The summed E-state index contributed by atoms with van der Waals surface area (Å²) in [5, 5.41) is 6.02. The molecule has 2 aliphatic rings. The molecule has 1 fully saturated rings. The number of aromatic nitrogens is 5. The summed E-state index contributed by atoms with van der Waals surface area (Å²) in [5.41, 5.74) is 3.63. The molecule has 4 amide bonds. The summed E-state index contributed by atoms with van der Waals surface area (Å²) in [6.07, 6.45) is 0.221. The van der Waals surface area contributed by atoms with Crippen molar-refractivity contribution in [3.05, 3.63) is 88.1 Å². The second kappa shape index (κ2) is 19.8. The molecule has 20 heteroatoms. The minimum Gasteiger partial charge on any atom is -0.464 e. The molecular formula is C48H54F3N9O7S. The number of halogens is 3. The number of aromatic amines is 2. The van der Waals surface area contributed by atoms with E-state index in [1.54, 1.807) is 34.3 Å². The van der Waals surface area contributed by atoms with Gasteiger partial charge in [-0.1, -0.05) is 40.7 Å². The highest BCUT2D eigenvalue weighted by Crippen LogP contribution is 2.48. The molecule has 68 heavy (non-hydrogen) atoms. The van der Waals surface area contributed by atoms with E-state index in [2.05, 4.69) is 30.6 Å². The Hall–Kier alpha value is -6.83. The minimum atomic E-state index is -2.70. The third kappa shape index (κ3) is 9.37. The van der Waals surface area contributed by atoms with Crippen LogP contribution in [-0.4, -0.2) is 97.7 Å². The molecule has 1 saturated heterocycles. The maximum Gasteiger partial charge on any atom is 0.407 e. The number of carbonyl (C=O) groups is 4. The fraction of sp³-hybridized carbons (Fsp3) is 0.417. The van der Waals surface area contributed by atoms with Crippen molar-refractivity contribution in [2.75, 3.05) is 27.3 Å². The Labute approximate surface area is 394 Å². The number of carbonyl (C=O) groups excluding carboxylic acids is 4. The largest absolute Gasteiger partial charge is 0.464 e. The van der Waals surface area contributed by atoms with E-state index in [-0.39, 0.29) is 46.4 Å². The Bertz CT molecular complexity index is 2840. The van der Waals surface area contributed by atoms with E-state index in [0.29, 0.717) is 77.0 Å². The number of hydrogen-bond acceptors (Lipinski definition) is 10. The molecule has 16 nitrogen and oxygen atoms in total. The fourth-order valence-electron chi connectivity index (χ4n) is 8.95. The molecular weight excluding hydrogens is 904 g/mol. The van der Waals surface area contributed by atoms with Crippen LogP contribution < -0.4 is 15.4 Å². The van der Waals surface area contributed by atoms with Crippen LogP contribution in [0.4, 0.5) is 22.8 Å². The summed E-state index contributed by atoms with van der Waals surface area (Å²) in [7, 11) is 2.48. The first-order chi connectivity index (χ1) is 32.6. The lowest BCUT2D eigenvalue weighted by molar-refractivity contribution is -0.136. The average molecular weight is 958 g/mol. The number of alkyl carbamates (subject to hydrolysis) is 2. The van der Waals surface area contributed by atoms with Crippen LogP contribution in [-0.2, 0) is 25.6 Å². The number of methoxy groups -OCH3 is 2. The molecule has 2 unspecified atom stereocenters. The Balaban J connectivity index is 1.11. The smallest absolute Gasteiger partial charge is 0.407 e. The average Bonchev–Trinajstić information content (AvgIpc) is 4.18. The highest BCUT2D eigenvalue weighted by atomic mass is 32.1. The van der Waals surface area contributed by atoms with Crippen LogP contribution in [0, 0.1) is 17.7 Å². The second-order valence-corrected chi connectivity index (χ2v) is 18.8. The second-order valence-electron chi connectivity index (χ2n) is 17.6. The lowest BCUT2D eigenvalue weighted by atomic mass is 10.0. The molecule has 2 aliphatic heterocycles. The topological polar surface area (TPSA) is 189 Å². The van der Waals surface area contributed by atoms with Gasteiger partial charge in [0.25, 0.3) is 6.43 Å². The molecule has 0 bridgehead atoms. The summed E-state index contributed by atoms with van der Waals surface area (Å²) in [6, 6.07) is 11.5. The molecule has 6 heterocycles. The number of thiophene rings is 1. The molecule has 360 valence electrons. The predicted molar refractivity (Wildman–Crippen MR) is 248 cm³/mol. The van der Waals surface area contributed by atoms with Gasteiger partial charge in [-0.2, -0.15) is 0 Å². The van der Waals surface area contributed by atoms with E-state index in [4.69, 9.17) is 14.2 Å². The lowest BCUT2D eigenvalue weighted by Crippen LogP contribution is -2.51. The molecule has 4 aromatic heterocycles. The van der Waals surface area contributed by atoms with Gasteiger partial charge in [0.05, 0.1) is 77.1 Å². The number of benzene rings is 2. The maximum atomic E-state index is 16.8. The van der Waals surface area contributed by atoms with Crippen LogP contribution in [0.3, 0.4) is 0 Å². The number of H-pyrrole nitrogens is 2. The summed E-state index contributed by atoms with van der Waals surface area (Å²) in [6.45, 7) is 10.4. The number of ether oxygens (including phenoxy) is 3. The number of nitrogens with one attached hydrogen (secondary N) is 4. The monoisotopic (exact) mass is 957 g/mol. The first-order valence-electron chi connectivity index (χ1n) is 22.5. The van der Waals surface area contributed by atoms with Gasteiger partial charge in [0.15, 0.2) is 0 Å². The fourth-order valence-corrected chi connectivity index (χ4v) is 9.84. The third-order valence-corrected chi connectivity index (χ3v) is 13.5. The number of hydrogen-bond donors (Lipinski definition) is 4. The van der Waals surface area contributed by atoms with Crippen molar-refractivity contribution >= 4 is 46.2 Å². The summed E-state index contributed by atoms with van der Waals surface area (Å²) >= 11 is 0.914. The lowest BCUT2D eigenvalue weighted by Gasteiger charge is -2.30. The van der Waals surface area contributed by atoms with Crippen molar-refractivity contribution in [3.63, 3.8) is 0 Å². The van der Waals surface area contributed by atoms with Crippen LogP contribution in [0.15, 0.2) is 60.9 Å². The van der Waals surface area contributed by atoms with Crippen molar-refractivity contribution in [3.8, 4) is 39.5 Å². The van der Waals surface area contributed by atoms with Gasteiger partial charge < -0.3 is 44.6 Å². The molecule has 4 N–H and O–H groups in total. The van der Waals surface area contributed by atoms with Gasteiger partial charge >= 0.3 is 12.2 Å². The zero-order valence-corrected chi connectivity index (χ0v) is 39.5. The molecule has 4 atom stereocenters. The number of amides is 4. The number of rotatable bonds is 15. The Morgan fingerprint density at radius 1 is 0.912 bits per heavy atom. The van der Waals surface area contributed by atoms with Crippen LogP contribution >= 0.6 is 11.3 Å². The Morgan fingerprint density at radius 2 is 1.62 bits per heavy atom. The number of imidazole rings is 2. The van der Waals surface area contributed by atoms with Gasteiger partial charge in [0.1, 0.15) is 35.3 Å². The third-order valence-electron chi connectivity index (χ3n) is 12.4. The van der Waals surface area contributed by atoms with Gasteiger partial charge in [-0.15, -0.1) is 11.3 Å². The SMILES string of the molecule is CCCN(Cc1ncc(-c2ccc3c(c2)cc2n3C(c3ccc(C(F)F)s3)Oc3cc(-c4cnc([C@@H]5CCCN5C(=O)C(NC(=O)OC)C(C)C)[nH]4)cc(F)c3-2)[nH]1)C(=O)[C@@H](NC(=O)OC)C(C)C. The molecule has 6 aromatic rings. The summed E-state index contributed by atoms with van der Waals surface area (Å²) in [4.78, 5) is 71.1. The van der Waals surface area contributed by atoms with E-state index in [1.165, 1.54) is 26.4 Å². The summed E-state index contributed by atoms with van der Waals surface area (Å²) in [5.74, 6) is -0.311. The van der Waals surface area contributed by atoms with Crippen LogP contribution in [0.5, 0.6) is 5.75 Å². The highest BCUT2D eigenvalue weighted by Gasteiger charge is 2.38. The van der Waals surface area contributed by atoms with Gasteiger partial charge in [-0.25, -0.2) is 32.7 Å². The summed E-state index contributed by atoms with van der Waals surface area (Å²) < 4.78 is 62.7. The first kappa shape index (κ1) is 47.7. The zero-order chi connectivity index (χ0) is 48.6. The van der Waals surface area contributed by atoms with Gasteiger partial charge in [-0.3, -0.25) is 14.2 Å². The standard InChI is InChI=1S/C48H54F3N9O7S/c1-8-15-58(44(61)40(24(2)3)56-47(63)65-6)23-38-52-21-30(54-38)26-11-12-32-28(17-26)19-34-39-29(49)18-27(20-35(39)67-46(60(32)34)37-14-13-36(68-37)42(50)51)31-22-53-43(55-31)33-10-9-16-59(33)45(62)41(25(4)5)57-48(64)66-7/h11-14,17-22,24-25,33,40-42,46H,8-10,15-16,23H2,1-7H3,(H,52,54)(H,53,55)(H,56,63)(H,57,64)/t33-,40-,41?,46?/m0/s1. The van der Waals surface area contributed by atoms with E-state index in [0.717, 1.165) is 22.3 Å². The molecule has 0 radical (unpaired) electrons. The van der Waals surface area contributed by atoms with Crippen molar-refractivity contribution in [1.29, 1.82) is 0 Å². The number of fused-ring (bicyclic) bond motifs is 5. The van der Waals surface area contributed by atoms with Crippen molar-refractivity contribution in [1.82, 2.24) is 44.9 Å². The van der Waals surface area contributed by atoms with E-state index in [1.807, 2.05) is 63.5 Å². The Morgan fingerprint density at radius 3 is 2.29 bits per heavy atom. The predicted octanol–water partition coefficient (Wildman–Crippen LogP) is 9.33. The van der Waals surface area contributed by atoms with Crippen LogP contribution in [0.25, 0.3) is 44.7 Å².